The third-order valence-corrected chi connectivity index (χ3v) is 3.40. The first-order chi connectivity index (χ1) is 9.57. The van der Waals surface area contributed by atoms with Crippen LogP contribution in [0.1, 0.15) is 25.8 Å². The lowest BCUT2D eigenvalue weighted by molar-refractivity contribution is -0.136. The zero-order valence-corrected chi connectivity index (χ0v) is 12.3. The molecule has 1 atom stereocenters. The van der Waals surface area contributed by atoms with Crippen LogP contribution in [0, 0.1) is 0 Å². The Morgan fingerprint density at radius 2 is 2.05 bits per heavy atom. The number of aliphatic hydroxyl groups is 1. The summed E-state index contributed by atoms with van der Waals surface area (Å²) in [6, 6.07) is 9.74. The topological polar surface area (TPSA) is 58.6 Å². The summed E-state index contributed by atoms with van der Waals surface area (Å²) in [4.78, 5) is 11.5. The van der Waals surface area contributed by atoms with Gasteiger partial charge in [-0.15, -0.1) is 0 Å². The Kier molecular flexibility index (Phi) is 6.42. The predicted molar refractivity (Wildman–Crippen MR) is 79.3 cm³/mol. The number of methoxy groups -OCH3 is 1. The average molecular weight is 277 g/mol. The highest BCUT2D eigenvalue weighted by Crippen LogP contribution is 2.19. The first-order valence-electron chi connectivity index (χ1n) is 6.76. The first kappa shape index (κ1) is 16.4. The van der Waals surface area contributed by atoms with Crippen LogP contribution < -0.4 is 5.32 Å². The van der Waals surface area contributed by atoms with Crippen molar-refractivity contribution in [2.75, 3.05) is 20.3 Å². The number of ether oxygens (including phenoxy) is 1. The molecule has 4 nitrogen and oxygen atoms in total. The zero-order chi connectivity index (χ0) is 15.0. The van der Waals surface area contributed by atoms with E-state index in [0.717, 1.165) is 5.56 Å². The van der Waals surface area contributed by atoms with Gasteiger partial charge in [-0.3, -0.25) is 0 Å². The summed E-state index contributed by atoms with van der Waals surface area (Å²) < 4.78 is 4.71. The van der Waals surface area contributed by atoms with E-state index in [2.05, 4.69) is 5.32 Å². The molecule has 0 saturated heterocycles. The Bertz CT molecular complexity index is 456. The van der Waals surface area contributed by atoms with E-state index in [0.29, 0.717) is 18.5 Å². The molecule has 0 aromatic heterocycles. The van der Waals surface area contributed by atoms with Gasteiger partial charge in [0, 0.05) is 12.1 Å². The Hall–Kier alpha value is -1.65. The van der Waals surface area contributed by atoms with E-state index in [9.17, 15) is 9.90 Å². The lowest BCUT2D eigenvalue weighted by Gasteiger charge is -2.29. The highest BCUT2D eigenvalue weighted by Gasteiger charge is 2.24. The van der Waals surface area contributed by atoms with Crippen molar-refractivity contribution in [3.05, 3.63) is 47.5 Å². The zero-order valence-electron chi connectivity index (χ0n) is 12.3. The summed E-state index contributed by atoms with van der Waals surface area (Å²) in [5.74, 6) is -0.306. The third-order valence-electron chi connectivity index (χ3n) is 3.40. The summed E-state index contributed by atoms with van der Waals surface area (Å²) in [5.41, 5.74) is 1.10. The molecule has 0 heterocycles. The van der Waals surface area contributed by atoms with Crippen LogP contribution in [0.4, 0.5) is 0 Å². The monoisotopic (exact) mass is 277 g/mol. The summed E-state index contributed by atoms with van der Waals surface area (Å²) in [6.07, 6.45) is 2.43. The van der Waals surface area contributed by atoms with E-state index < -0.39 is 5.54 Å². The van der Waals surface area contributed by atoms with E-state index in [1.807, 2.05) is 50.3 Å². The van der Waals surface area contributed by atoms with Crippen LogP contribution in [-0.4, -0.2) is 31.3 Å². The van der Waals surface area contributed by atoms with Gasteiger partial charge in [0.2, 0.25) is 0 Å². The quantitative estimate of drug-likeness (QED) is 0.591. The van der Waals surface area contributed by atoms with Crippen molar-refractivity contribution in [3.8, 4) is 0 Å². The van der Waals surface area contributed by atoms with Gasteiger partial charge in [-0.2, -0.15) is 0 Å². The van der Waals surface area contributed by atoms with Crippen molar-refractivity contribution in [2.45, 2.75) is 25.8 Å². The van der Waals surface area contributed by atoms with Crippen LogP contribution in [0.2, 0.25) is 0 Å². The van der Waals surface area contributed by atoms with Gasteiger partial charge in [-0.25, -0.2) is 4.79 Å². The maximum Gasteiger partial charge on any atom is 0.333 e. The Labute approximate surface area is 120 Å². The SMILES string of the molecule is CC/C(=C/CNC(C)(CO)c1ccccc1)C(=O)OC. The highest BCUT2D eigenvalue weighted by atomic mass is 16.5. The maximum absolute atomic E-state index is 11.5. The second-order valence-corrected chi connectivity index (χ2v) is 4.81. The number of esters is 1. The summed E-state index contributed by atoms with van der Waals surface area (Å²) in [7, 11) is 1.38. The fraction of sp³-hybridized carbons (Fsp3) is 0.438. The number of hydrogen-bond donors (Lipinski definition) is 2. The van der Waals surface area contributed by atoms with Crippen molar-refractivity contribution in [3.63, 3.8) is 0 Å². The molecule has 20 heavy (non-hydrogen) atoms. The Morgan fingerprint density at radius 1 is 1.40 bits per heavy atom. The first-order valence-corrected chi connectivity index (χ1v) is 6.76. The van der Waals surface area contributed by atoms with Crippen molar-refractivity contribution >= 4 is 5.97 Å². The molecule has 0 saturated carbocycles. The maximum atomic E-state index is 11.5. The molecule has 0 amide bonds. The number of carbonyl (C=O) groups is 1. The number of benzene rings is 1. The molecular weight excluding hydrogens is 254 g/mol. The minimum absolute atomic E-state index is 0.0233. The lowest BCUT2D eigenvalue weighted by Crippen LogP contribution is -2.43. The van der Waals surface area contributed by atoms with E-state index >= 15 is 0 Å². The second kappa shape index (κ2) is 7.82. The van der Waals surface area contributed by atoms with Gasteiger partial charge in [0.1, 0.15) is 0 Å². The van der Waals surface area contributed by atoms with Crippen LogP contribution >= 0.6 is 0 Å². The molecule has 0 spiro atoms. The van der Waals surface area contributed by atoms with Gasteiger partial charge in [0.25, 0.3) is 0 Å². The summed E-state index contributed by atoms with van der Waals surface area (Å²) in [6.45, 7) is 4.31. The molecule has 4 heteroatoms. The molecule has 0 aliphatic carbocycles. The molecule has 0 aliphatic rings. The van der Waals surface area contributed by atoms with Crippen LogP contribution in [-0.2, 0) is 15.1 Å². The molecule has 110 valence electrons. The number of hydrogen-bond acceptors (Lipinski definition) is 4. The van der Waals surface area contributed by atoms with Crippen LogP contribution in [0.25, 0.3) is 0 Å². The van der Waals surface area contributed by atoms with Gasteiger partial charge >= 0.3 is 5.97 Å². The summed E-state index contributed by atoms with van der Waals surface area (Å²) >= 11 is 0. The molecular formula is C16H23NO3. The van der Waals surface area contributed by atoms with E-state index in [1.165, 1.54) is 7.11 Å². The van der Waals surface area contributed by atoms with Crippen molar-refractivity contribution in [2.24, 2.45) is 0 Å². The number of nitrogens with one attached hydrogen (secondary N) is 1. The van der Waals surface area contributed by atoms with Crippen LogP contribution in [0.15, 0.2) is 42.0 Å². The van der Waals surface area contributed by atoms with Crippen molar-refractivity contribution in [1.82, 2.24) is 5.32 Å². The molecule has 0 bridgehead atoms. The summed E-state index contributed by atoms with van der Waals surface area (Å²) in [5, 5.41) is 12.9. The molecule has 1 unspecified atom stereocenters. The van der Waals surface area contributed by atoms with Crippen molar-refractivity contribution < 1.29 is 14.6 Å². The predicted octanol–water partition coefficient (Wildman–Crippen LogP) is 1.99. The van der Waals surface area contributed by atoms with Gasteiger partial charge in [-0.1, -0.05) is 43.3 Å². The molecule has 1 rings (SSSR count). The fourth-order valence-electron chi connectivity index (χ4n) is 1.96. The van der Waals surface area contributed by atoms with E-state index in [-0.39, 0.29) is 12.6 Å². The Balaban J connectivity index is 2.75. The minimum Gasteiger partial charge on any atom is -0.466 e. The molecule has 1 aromatic rings. The second-order valence-electron chi connectivity index (χ2n) is 4.81. The molecule has 1 aromatic carbocycles. The molecule has 2 N–H and O–H groups in total. The van der Waals surface area contributed by atoms with E-state index in [4.69, 9.17) is 4.74 Å². The van der Waals surface area contributed by atoms with Crippen molar-refractivity contribution in [1.29, 1.82) is 0 Å². The number of carbonyl (C=O) groups excluding carboxylic acids is 1. The van der Waals surface area contributed by atoms with Gasteiger partial charge in [0.05, 0.1) is 19.3 Å². The normalized spacial score (nSPS) is 14.7. The van der Waals surface area contributed by atoms with Gasteiger partial charge < -0.3 is 15.2 Å². The highest BCUT2D eigenvalue weighted by molar-refractivity contribution is 5.88. The van der Waals surface area contributed by atoms with Gasteiger partial charge in [-0.05, 0) is 18.9 Å². The van der Waals surface area contributed by atoms with Crippen LogP contribution in [0.3, 0.4) is 0 Å². The largest absolute Gasteiger partial charge is 0.466 e. The lowest BCUT2D eigenvalue weighted by atomic mass is 9.93. The number of aliphatic hydroxyl groups excluding tert-OH is 1. The molecule has 0 aliphatic heterocycles. The fourth-order valence-corrected chi connectivity index (χ4v) is 1.96. The molecule has 0 radical (unpaired) electrons. The third kappa shape index (κ3) is 4.18. The van der Waals surface area contributed by atoms with Crippen LogP contribution in [0.5, 0.6) is 0 Å². The van der Waals surface area contributed by atoms with E-state index in [1.54, 1.807) is 0 Å². The number of rotatable bonds is 7. The Morgan fingerprint density at radius 3 is 2.55 bits per heavy atom. The van der Waals surface area contributed by atoms with Gasteiger partial charge in [0.15, 0.2) is 0 Å². The molecule has 0 fully saturated rings. The standard InChI is InChI=1S/C16H23NO3/c1-4-13(15(19)20-3)10-11-17-16(2,12-18)14-8-6-5-7-9-14/h5-10,17-18H,4,11-12H2,1-3H3/b13-10-. The average Bonchev–Trinajstić information content (AvgIpc) is 2.51. The minimum atomic E-state index is -0.535. The smallest absolute Gasteiger partial charge is 0.333 e.